The molecule has 0 radical (unpaired) electrons. The molecule has 2 amide bonds. The SMILES string of the molecule is C[C@@H](C(=O)NCc1ccco1)N(Cc1ccc(F)cc1)C(=O)CCc1ccccc1. The summed E-state index contributed by atoms with van der Waals surface area (Å²) in [7, 11) is 0. The standard InChI is InChI=1S/C24H25FN2O3/c1-18(24(29)26-16-22-8-5-15-30-22)27(17-20-9-12-21(25)13-10-20)23(28)14-11-19-6-3-2-4-7-19/h2-10,12-13,15,18H,11,14,16-17H2,1H3,(H,26,29)/t18-/m0/s1. The Balaban J connectivity index is 1.68. The molecular formula is C24H25FN2O3. The van der Waals surface area contributed by atoms with Gasteiger partial charge in [0.25, 0.3) is 0 Å². The van der Waals surface area contributed by atoms with Gasteiger partial charge in [0, 0.05) is 13.0 Å². The van der Waals surface area contributed by atoms with Gasteiger partial charge in [-0.15, -0.1) is 0 Å². The Morgan fingerprint density at radius 3 is 2.40 bits per heavy atom. The second-order valence-corrected chi connectivity index (χ2v) is 7.11. The predicted molar refractivity (Wildman–Crippen MR) is 112 cm³/mol. The van der Waals surface area contributed by atoms with Crippen LogP contribution in [0.4, 0.5) is 4.39 Å². The third-order valence-corrected chi connectivity index (χ3v) is 4.92. The highest BCUT2D eigenvalue weighted by Gasteiger charge is 2.26. The number of carbonyl (C=O) groups excluding carboxylic acids is 2. The molecule has 0 saturated heterocycles. The molecule has 3 aromatic rings. The van der Waals surface area contributed by atoms with Gasteiger partial charge in [-0.2, -0.15) is 0 Å². The van der Waals surface area contributed by atoms with Crippen molar-refractivity contribution in [3.05, 3.63) is 95.7 Å². The van der Waals surface area contributed by atoms with E-state index in [1.807, 2.05) is 30.3 Å². The lowest BCUT2D eigenvalue weighted by molar-refractivity contribution is -0.140. The average Bonchev–Trinajstić information content (AvgIpc) is 3.29. The molecule has 1 heterocycles. The highest BCUT2D eigenvalue weighted by molar-refractivity contribution is 5.87. The molecule has 0 spiro atoms. The Hall–Kier alpha value is -3.41. The summed E-state index contributed by atoms with van der Waals surface area (Å²) in [6, 6.07) is 18.5. The van der Waals surface area contributed by atoms with E-state index in [0.29, 0.717) is 12.2 Å². The number of carbonyl (C=O) groups is 2. The monoisotopic (exact) mass is 408 g/mol. The molecule has 6 heteroatoms. The van der Waals surface area contributed by atoms with Crippen LogP contribution in [-0.4, -0.2) is 22.8 Å². The number of rotatable bonds is 9. The molecule has 0 fully saturated rings. The van der Waals surface area contributed by atoms with Crippen molar-refractivity contribution in [3.63, 3.8) is 0 Å². The van der Waals surface area contributed by atoms with E-state index in [-0.39, 0.29) is 37.1 Å². The van der Waals surface area contributed by atoms with Gasteiger partial charge >= 0.3 is 0 Å². The fourth-order valence-electron chi connectivity index (χ4n) is 3.14. The van der Waals surface area contributed by atoms with Gasteiger partial charge in [0.2, 0.25) is 11.8 Å². The number of nitrogens with zero attached hydrogens (tertiary/aromatic N) is 1. The minimum Gasteiger partial charge on any atom is -0.467 e. The molecule has 0 saturated carbocycles. The van der Waals surface area contributed by atoms with Crippen LogP contribution in [0.15, 0.2) is 77.4 Å². The number of halogens is 1. The second kappa shape index (κ2) is 10.4. The van der Waals surface area contributed by atoms with E-state index in [9.17, 15) is 14.0 Å². The van der Waals surface area contributed by atoms with Gasteiger partial charge in [0.15, 0.2) is 0 Å². The number of aryl methyl sites for hydroxylation is 1. The lowest BCUT2D eigenvalue weighted by Crippen LogP contribution is -2.47. The fraction of sp³-hybridized carbons (Fsp3) is 0.250. The molecule has 0 unspecified atom stereocenters. The molecule has 3 rings (SSSR count). The quantitative estimate of drug-likeness (QED) is 0.580. The topological polar surface area (TPSA) is 62.6 Å². The molecule has 156 valence electrons. The summed E-state index contributed by atoms with van der Waals surface area (Å²) in [6.45, 7) is 2.17. The maximum atomic E-state index is 13.3. The average molecular weight is 408 g/mol. The summed E-state index contributed by atoms with van der Waals surface area (Å²) >= 11 is 0. The van der Waals surface area contributed by atoms with Gasteiger partial charge < -0.3 is 14.6 Å². The van der Waals surface area contributed by atoms with E-state index in [1.54, 1.807) is 37.5 Å². The summed E-state index contributed by atoms with van der Waals surface area (Å²) in [5, 5.41) is 2.80. The van der Waals surface area contributed by atoms with Crippen LogP contribution in [0.5, 0.6) is 0 Å². The Morgan fingerprint density at radius 2 is 1.73 bits per heavy atom. The van der Waals surface area contributed by atoms with Gasteiger partial charge in [-0.1, -0.05) is 42.5 Å². The molecular weight excluding hydrogens is 383 g/mol. The van der Waals surface area contributed by atoms with Crippen molar-refractivity contribution in [2.45, 2.75) is 38.9 Å². The van der Waals surface area contributed by atoms with Crippen LogP contribution in [0.3, 0.4) is 0 Å². The Morgan fingerprint density at radius 1 is 1.00 bits per heavy atom. The first kappa shape index (κ1) is 21.3. The van der Waals surface area contributed by atoms with E-state index in [0.717, 1.165) is 11.1 Å². The van der Waals surface area contributed by atoms with Crippen LogP contribution in [-0.2, 0) is 29.1 Å². The van der Waals surface area contributed by atoms with E-state index in [2.05, 4.69) is 5.32 Å². The number of hydrogen-bond donors (Lipinski definition) is 1. The summed E-state index contributed by atoms with van der Waals surface area (Å²) in [6.07, 6.45) is 2.40. The van der Waals surface area contributed by atoms with Crippen LogP contribution in [0.2, 0.25) is 0 Å². The van der Waals surface area contributed by atoms with E-state index in [1.165, 1.54) is 17.0 Å². The van der Waals surface area contributed by atoms with Crippen LogP contribution in [0.1, 0.15) is 30.2 Å². The highest BCUT2D eigenvalue weighted by Crippen LogP contribution is 2.14. The number of nitrogens with one attached hydrogen (secondary N) is 1. The minimum atomic E-state index is -0.687. The molecule has 2 aromatic carbocycles. The molecule has 0 aliphatic rings. The molecule has 1 atom stereocenters. The first-order chi connectivity index (χ1) is 14.5. The highest BCUT2D eigenvalue weighted by atomic mass is 19.1. The number of hydrogen-bond acceptors (Lipinski definition) is 3. The van der Waals surface area contributed by atoms with Gasteiger partial charge in [-0.3, -0.25) is 9.59 Å². The third kappa shape index (κ3) is 6.04. The molecule has 1 aromatic heterocycles. The van der Waals surface area contributed by atoms with Gasteiger partial charge in [-0.05, 0) is 48.7 Å². The van der Waals surface area contributed by atoms with Gasteiger partial charge in [0.05, 0.1) is 12.8 Å². The Bertz CT molecular complexity index is 940. The van der Waals surface area contributed by atoms with Crippen molar-refractivity contribution in [3.8, 4) is 0 Å². The van der Waals surface area contributed by atoms with Crippen molar-refractivity contribution >= 4 is 11.8 Å². The first-order valence-corrected chi connectivity index (χ1v) is 9.91. The first-order valence-electron chi connectivity index (χ1n) is 9.91. The van der Waals surface area contributed by atoms with E-state index in [4.69, 9.17) is 4.42 Å². The van der Waals surface area contributed by atoms with Crippen molar-refractivity contribution in [2.24, 2.45) is 0 Å². The maximum absolute atomic E-state index is 13.3. The van der Waals surface area contributed by atoms with Crippen molar-refractivity contribution in [2.75, 3.05) is 0 Å². The molecule has 5 nitrogen and oxygen atoms in total. The van der Waals surface area contributed by atoms with E-state index < -0.39 is 6.04 Å². The molecule has 0 bridgehead atoms. The van der Waals surface area contributed by atoms with Crippen LogP contribution in [0, 0.1) is 5.82 Å². The Kier molecular flexibility index (Phi) is 7.38. The summed E-state index contributed by atoms with van der Waals surface area (Å²) in [5.74, 6) is -0.119. The van der Waals surface area contributed by atoms with Crippen molar-refractivity contribution in [1.29, 1.82) is 0 Å². The normalized spacial score (nSPS) is 11.7. The summed E-state index contributed by atoms with van der Waals surface area (Å²) in [4.78, 5) is 27.3. The summed E-state index contributed by atoms with van der Waals surface area (Å²) in [5.41, 5.74) is 1.82. The van der Waals surface area contributed by atoms with Crippen LogP contribution in [0.25, 0.3) is 0 Å². The van der Waals surface area contributed by atoms with Crippen LogP contribution < -0.4 is 5.32 Å². The molecule has 0 aliphatic carbocycles. The van der Waals surface area contributed by atoms with Gasteiger partial charge in [0.1, 0.15) is 17.6 Å². The minimum absolute atomic E-state index is 0.135. The fourth-order valence-corrected chi connectivity index (χ4v) is 3.14. The predicted octanol–water partition coefficient (Wildman–Crippen LogP) is 4.09. The zero-order valence-electron chi connectivity index (χ0n) is 16.9. The number of amides is 2. The zero-order valence-corrected chi connectivity index (χ0v) is 16.9. The number of benzene rings is 2. The van der Waals surface area contributed by atoms with Crippen LogP contribution >= 0.6 is 0 Å². The van der Waals surface area contributed by atoms with Crippen molar-refractivity contribution in [1.82, 2.24) is 10.2 Å². The largest absolute Gasteiger partial charge is 0.467 e. The summed E-state index contributed by atoms with van der Waals surface area (Å²) < 4.78 is 18.5. The molecule has 1 N–H and O–H groups in total. The lowest BCUT2D eigenvalue weighted by Gasteiger charge is -2.29. The van der Waals surface area contributed by atoms with E-state index >= 15 is 0 Å². The maximum Gasteiger partial charge on any atom is 0.242 e. The van der Waals surface area contributed by atoms with Gasteiger partial charge in [-0.25, -0.2) is 4.39 Å². The molecule has 30 heavy (non-hydrogen) atoms. The second-order valence-electron chi connectivity index (χ2n) is 7.11. The van der Waals surface area contributed by atoms with Crippen molar-refractivity contribution < 1.29 is 18.4 Å². The molecule has 0 aliphatic heterocycles. The lowest BCUT2D eigenvalue weighted by atomic mass is 10.1. The Labute approximate surface area is 175 Å². The smallest absolute Gasteiger partial charge is 0.242 e. The third-order valence-electron chi connectivity index (χ3n) is 4.92. The zero-order chi connectivity index (χ0) is 21.3. The number of furan rings is 1.